The van der Waals surface area contributed by atoms with Gasteiger partial charge in [0.1, 0.15) is 12.3 Å². The molecule has 10 heteroatoms. The average Bonchev–Trinajstić information content (AvgIpc) is 3.29. The largest absolute Gasteiger partial charge is 0.472 e. The van der Waals surface area contributed by atoms with Crippen LogP contribution in [0.1, 0.15) is 58.5 Å². The summed E-state index contributed by atoms with van der Waals surface area (Å²) in [5, 5.41) is 11.0. The topological polar surface area (TPSA) is 98.1 Å². The summed E-state index contributed by atoms with van der Waals surface area (Å²) in [6, 6.07) is 8.17. The second kappa shape index (κ2) is 11.6. The van der Waals surface area contributed by atoms with E-state index in [0.29, 0.717) is 26.9 Å². The van der Waals surface area contributed by atoms with Gasteiger partial charge in [-0.3, -0.25) is 9.59 Å². The number of benzene rings is 1. The van der Waals surface area contributed by atoms with Crippen LogP contribution in [0.3, 0.4) is 0 Å². The van der Waals surface area contributed by atoms with E-state index in [9.17, 15) is 9.59 Å². The molecule has 1 aromatic carbocycles. The van der Waals surface area contributed by atoms with Crippen molar-refractivity contribution in [1.82, 2.24) is 20.1 Å². The minimum Gasteiger partial charge on any atom is -0.472 e. The Morgan fingerprint density at radius 2 is 1.97 bits per heavy atom. The number of hydrogen-bond donors (Lipinski definition) is 2. The molecule has 0 spiro atoms. The Morgan fingerprint density at radius 1 is 1.19 bits per heavy atom. The van der Waals surface area contributed by atoms with E-state index in [2.05, 4.69) is 27.3 Å². The lowest BCUT2D eigenvalue weighted by atomic mass is 9.95. The summed E-state index contributed by atoms with van der Waals surface area (Å²) in [5.41, 5.74) is 1.44. The average molecular weight is 528 g/mol. The summed E-state index contributed by atoms with van der Waals surface area (Å²) in [6.07, 6.45) is 8.33. The highest BCUT2D eigenvalue weighted by Gasteiger charge is 2.24. The van der Waals surface area contributed by atoms with Crippen molar-refractivity contribution in [3.05, 3.63) is 76.0 Å². The molecule has 188 valence electrons. The zero-order chi connectivity index (χ0) is 25.7. The first kappa shape index (κ1) is 25.7. The van der Waals surface area contributed by atoms with Gasteiger partial charge in [-0.1, -0.05) is 55.1 Å². The Morgan fingerprint density at radius 3 is 2.69 bits per heavy atom. The molecule has 0 bridgehead atoms. The van der Waals surface area contributed by atoms with Gasteiger partial charge >= 0.3 is 0 Å². The van der Waals surface area contributed by atoms with Gasteiger partial charge < -0.3 is 15.4 Å². The quantitative estimate of drug-likeness (QED) is 0.362. The van der Waals surface area contributed by atoms with Crippen molar-refractivity contribution < 1.29 is 14.3 Å². The second-order valence-corrected chi connectivity index (χ2v) is 9.44. The number of nitrogens with one attached hydrogen (secondary N) is 2. The first-order chi connectivity index (χ1) is 17.4. The molecule has 2 amide bonds. The normalized spacial score (nSPS) is 13.8. The number of anilines is 1. The van der Waals surface area contributed by atoms with E-state index in [-0.39, 0.29) is 35.9 Å². The molecule has 4 rings (SSSR count). The van der Waals surface area contributed by atoms with Crippen molar-refractivity contribution in [3.63, 3.8) is 0 Å². The van der Waals surface area contributed by atoms with Gasteiger partial charge in [-0.2, -0.15) is 0 Å². The smallest absolute Gasteiger partial charge is 0.274 e. The SMILES string of the molecule is C=CCOc1cc(C(=O)Nc2c(C)cc(Cl)cc2C(=O)NC2CCCCC2)n(-c2ncccc2Cl)n1. The maximum Gasteiger partial charge on any atom is 0.274 e. The standard InChI is InChI=1S/C26H27Cl2N5O3/c1-3-12-36-22-15-21(33(32-22)24-20(28)10-7-11-29-24)26(35)31-23-16(2)13-17(27)14-19(23)25(34)30-18-8-5-4-6-9-18/h3,7,10-11,13-15,18H,1,4-6,8-9,12H2,2H3,(H,30,34)(H,31,35). The van der Waals surface area contributed by atoms with E-state index in [4.69, 9.17) is 27.9 Å². The molecule has 2 aromatic heterocycles. The van der Waals surface area contributed by atoms with Crippen molar-refractivity contribution in [1.29, 1.82) is 0 Å². The molecule has 0 radical (unpaired) electrons. The first-order valence-electron chi connectivity index (χ1n) is 11.7. The molecule has 2 N–H and O–H groups in total. The number of amides is 2. The summed E-state index contributed by atoms with van der Waals surface area (Å²) >= 11 is 12.6. The van der Waals surface area contributed by atoms with Crippen molar-refractivity contribution in [2.45, 2.75) is 45.1 Å². The number of aryl methyl sites for hydroxylation is 1. The highest BCUT2D eigenvalue weighted by Crippen LogP contribution is 2.29. The molecule has 1 aliphatic rings. The number of nitrogens with zero attached hydrogens (tertiary/aromatic N) is 3. The van der Waals surface area contributed by atoms with Gasteiger partial charge in [0, 0.05) is 23.3 Å². The van der Waals surface area contributed by atoms with E-state index in [1.165, 1.54) is 17.2 Å². The fourth-order valence-electron chi connectivity index (χ4n) is 4.21. The number of hydrogen-bond acceptors (Lipinski definition) is 5. The lowest BCUT2D eigenvalue weighted by Gasteiger charge is -2.24. The monoisotopic (exact) mass is 527 g/mol. The van der Waals surface area contributed by atoms with Gasteiger partial charge in [-0.05, 0) is 49.6 Å². The van der Waals surface area contributed by atoms with Crippen LogP contribution in [0.4, 0.5) is 5.69 Å². The molecular formula is C26H27Cl2N5O3. The van der Waals surface area contributed by atoms with Crippen LogP contribution < -0.4 is 15.4 Å². The minimum absolute atomic E-state index is 0.103. The van der Waals surface area contributed by atoms with Crippen LogP contribution in [0.2, 0.25) is 10.0 Å². The van der Waals surface area contributed by atoms with Crippen LogP contribution in [0.15, 0.2) is 49.2 Å². The molecule has 2 heterocycles. The number of aromatic nitrogens is 3. The predicted molar refractivity (Wildman–Crippen MR) is 141 cm³/mol. The summed E-state index contributed by atoms with van der Waals surface area (Å²) in [6.45, 7) is 5.62. The van der Waals surface area contributed by atoms with Crippen LogP contribution >= 0.6 is 23.2 Å². The summed E-state index contributed by atoms with van der Waals surface area (Å²) in [4.78, 5) is 31.0. The Hall–Kier alpha value is -3.36. The number of carbonyl (C=O) groups is 2. The minimum atomic E-state index is -0.519. The summed E-state index contributed by atoms with van der Waals surface area (Å²) in [5.74, 6) is -0.334. The van der Waals surface area contributed by atoms with Gasteiger partial charge in [-0.25, -0.2) is 9.67 Å². The Labute approximate surface area is 219 Å². The number of pyridine rings is 1. The molecule has 8 nitrogen and oxygen atoms in total. The molecule has 1 fully saturated rings. The molecule has 36 heavy (non-hydrogen) atoms. The van der Waals surface area contributed by atoms with Gasteiger partial charge in [0.05, 0.1) is 16.3 Å². The molecule has 1 aliphatic carbocycles. The molecule has 3 aromatic rings. The second-order valence-electron chi connectivity index (χ2n) is 8.60. The van der Waals surface area contributed by atoms with Gasteiger partial charge in [-0.15, -0.1) is 5.10 Å². The van der Waals surface area contributed by atoms with Crippen molar-refractivity contribution >= 4 is 40.7 Å². The zero-order valence-electron chi connectivity index (χ0n) is 19.9. The fraction of sp³-hybridized carbons (Fsp3) is 0.308. The molecule has 0 saturated heterocycles. The number of ether oxygens (including phenoxy) is 1. The van der Waals surface area contributed by atoms with E-state index in [0.717, 1.165) is 25.7 Å². The van der Waals surface area contributed by atoms with Crippen molar-refractivity contribution in [2.75, 3.05) is 11.9 Å². The molecule has 0 unspecified atom stereocenters. The number of halogens is 2. The van der Waals surface area contributed by atoms with Gasteiger partial charge in [0.15, 0.2) is 5.82 Å². The fourth-order valence-corrected chi connectivity index (χ4v) is 4.68. The van der Waals surface area contributed by atoms with E-state index < -0.39 is 5.91 Å². The third-order valence-electron chi connectivity index (χ3n) is 5.93. The Bertz CT molecular complexity index is 1280. The number of carbonyl (C=O) groups excluding carboxylic acids is 2. The third kappa shape index (κ3) is 5.88. The van der Waals surface area contributed by atoms with E-state index in [1.54, 1.807) is 43.5 Å². The zero-order valence-corrected chi connectivity index (χ0v) is 21.4. The van der Waals surface area contributed by atoms with Crippen LogP contribution in [0, 0.1) is 6.92 Å². The van der Waals surface area contributed by atoms with Crippen molar-refractivity contribution in [2.24, 2.45) is 0 Å². The highest BCUT2D eigenvalue weighted by atomic mass is 35.5. The van der Waals surface area contributed by atoms with Crippen molar-refractivity contribution in [3.8, 4) is 11.7 Å². The summed E-state index contributed by atoms with van der Waals surface area (Å²) in [7, 11) is 0. The number of rotatable bonds is 8. The van der Waals surface area contributed by atoms with E-state index >= 15 is 0 Å². The molecule has 0 atom stereocenters. The Kier molecular flexibility index (Phi) is 8.28. The third-order valence-corrected chi connectivity index (χ3v) is 6.45. The summed E-state index contributed by atoms with van der Waals surface area (Å²) < 4.78 is 6.85. The van der Waals surface area contributed by atoms with Crippen LogP contribution in [0.25, 0.3) is 5.82 Å². The Balaban J connectivity index is 1.67. The molecular weight excluding hydrogens is 501 g/mol. The van der Waals surface area contributed by atoms with Crippen LogP contribution in [-0.4, -0.2) is 39.2 Å². The maximum absolute atomic E-state index is 13.5. The van der Waals surface area contributed by atoms with Gasteiger partial charge in [0.2, 0.25) is 5.88 Å². The lowest BCUT2D eigenvalue weighted by molar-refractivity contribution is 0.0928. The predicted octanol–water partition coefficient (Wildman–Crippen LogP) is 5.76. The molecule has 0 aliphatic heterocycles. The first-order valence-corrected chi connectivity index (χ1v) is 12.5. The van der Waals surface area contributed by atoms with Gasteiger partial charge in [0.25, 0.3) is 11.8 Å². The van der Waals surface area contributed by atoms with Crippen LogP contribution in [0.5, 0.6) is 5.88 Å². The lowest BCUT2D eigenvalue weighted by Crippen LogP contribution is -2.36. The maximum atomic E-state index is 13.5. The molecule has 1 saturated carbocycles. The van der Waals surface area contributed by atoms with Crippen LogP contribution in [-0.2, 0) is 0 Å². The van der Waals surface area contributed by atoms with E-state index in [1.807, 2.05) is 0 Å². The highest BCUT2D eigenvalue weighted by molar-refractivity contribution is 6.32.